The zero-order chi connectivity index (χ0) is 13.9. The maximum atomic E-state index is 12.1. The summed E-state index contributed by atoms with van der Waals surface area (Å²) in [6.45, 7) is 0. The van der Waals surface area contributed by atoms with Gasteiger partial charge in [0, 0.05) is 10.7 Å². The fourth-order valence-electron chi connectivity index (χ4n) is 1.41. The fourth-order valence-corrected chi connectivity index (χ4v) is 2.75. The average Bonchev–Trinajstić information content (AvgIpc) is 2.38. The Hall–Kier alpha value is -1.60. The summed E-state index contributed by atoms with van der Waals surface area (Å²) in [5, 5.41) is 0. The molecule has 19 heavy (non-hydrogen) atoms. The lowest BCUT2D eigenvalue weighted by Crippen LogP contribution is -2.13. The Kier molecular flexibility index (Phi) is 4.06. The summed E-state index contributed by atoms with van der Waals surface area (Å²) < 4.78 is 32.3. The van der Waals surface area contributed by atoms with Crippen molar-refractivity contribution >= 4 is 31.8 Å². The van der Waals surface area contributed by atoms with Crippen LogP contribution in [0.2, 0.25) is 0 Å². The van der Waals surface area contributed by atoms with E-state index in [-0.39, 0.29) is 10.7 Å². The van der Waals surface area contributed by atoms with Crippen molar-refractivity contribution in [1.29, 1.82) is 0 Å². The zero-order valence-corrected chi connectivity index (χ0v) is 12.4. The maximum absolute atomic E-state index is 12.1. The van der Waals surface area contributed by atoms with Crippen molar-refractivity contribution in [2.75, 3.05) is 11.8 Å². The summed E-state index contributed by atoms with van der Waals surface area (Å²) in [6, 6.07) is 9.41. The first-order valence-corrected chi connectivity index (χ1v) is 7.57. The standard InChI is InChI=1S/C12H11BrN2O3S/c1-18-10-2-4-11(5-3-10)19(16,17)15-12-8-9(13)6-7-14-12/h2-8H,1H3,(H,14,15). The number of nitrogens with zero attached hydrogens (tertiary/aromatic N) is 1. The molecule has 1 aromatic heterocycles. The highest BCUT2D eigenvalue weighted by Gasteiger charge is 2.14. The Labute approximate surface area is 119 Å². The molecule has 0 spiro atoms. The minimum absolute atomic E-state index is 0.148. The van der Waals surface area contributed by atoms with Crippen LogP contribution in [-0.4, -0.2) is 20.5 Å². The Morgan fingerprint density at radius 2 is 1.89 bits per heavy atom. The van der Waals surface area contributed by atoms with E-state index < -0.39 is 10.0 Å². The van der Waals surface area contributed by atoms with Gasteiger partial charge in [-0.3, -0.25) is 4.72 Å². The predicted molar refractivity (Wildman–Crippen MR) is 75.7 cm³/mol. The summed E-state index contributed by atoms with van der Waals surface area (Å²) in [6.07, 6.45) is 1.51. The minimum Gasteiger partial charge on any atom is -0.497 e. The summed E-state index contributed by atoms with van der Waals surface area (Å²) in [7, 11) is -2.12. The van der Waals surface area contributed by atoms with E-state index in [1.807, 2.05) is 0 Å². The van der Waals surface area contributed by atoms with Crippen molar-refractivity contribution in [1.82, 2.24) is 4.98 Å². The van der Waals surface area contributed by atoms with E-state index in [0.29, 0.717) is 5.75 Å². The molecule has 0 unspecified atom stereocenters. The molecule has 2 aromatic rings. The van der Waals surface area contributed by atoms with Gasteiger partial charge in [-0.15, -0.1) is 0 Å². The molecule has 0 saturated heterocycles. The van der Waals surface area contributed by atoms with Gasteiger partial charge in [-0.25, -0.2) is 13.4 Å². The quantitative estimate of drug-likeness (QED) is 0.927. The van der Waals surface area contributed by atoms with Crippen molar-refractivity contribution in [2.45, 2.75) is 4.90 Å². The molecule has 7 heteroatoms. The molecule has 2 rings (SSSR count). The summed E-state index contributed by atoms with van der Waals surface area (Å²) in [5.41, 5.74) is 0. The number of anilines is 1. The third-order valence-corrected chi connectivity index (χ3v) is 4.19. The van der Waals surface area contributed by atoms with E-state index in [0.717, 1.165) is 4.47 Å². The highest BCUT2D eigenvalue weighted by atomic mass is 79.9. The number of hydrogen-bond donors (Lipinski definition) is 1. The molecule has 0 atom stereocenters. The Morgan fingerprint density at radius 3 is 2.47 bits per heavy atom. The van der Waals surface area contributed by atoms with E-state index in [2.05, 4.69) is 25.6 Å². The number of pyridine rings is 1. The van der Waals surface area contributed by atoms with Gasteiger partial charge in [0.15, 0.2) is 0 Å². The Bertz CT molecular complexity index is 672. The monoisotopic (exact) mass is 342 g/mol. The Balaban J connectivity index is 2.27. The number of rotatable bonds is 4. The number of hydrogen-bond acceptors (Lipinski definition) is 4. The van der Waals surface area contributed by atoms with Crippen LogP contribution in [-0.2, 0) is 10.0 Å². The number of aromatic nitrogens is 1. The van der Waals surface area contributed by atoms with Gasteiger partial charge in [-0.05, 0) is 36.4 Å². The van der Waals surface area contributed by atoms with Crippen LogP contribution in [0.1, 0.15) is 0 Å². The summed E-state index contributed by atoms with van der Waals surface area (Å²) in [5.74, 6) is 0.852. The topological polar surface area (TPSA) is 68.3 Å². The molecule has 0 aliphatic heterocycles. The fraction of sp³-hybridized carbons (Fsp3) is 0.0833. The second-order valence-electron chi connectivity index (χ2n) is 3.64. The van der Waals surface area contributed by atoms with Crippen LogP contribution in [0, 0.1) is 0 Å². The van der Waals surface area contributed by atoms with Gasteiger partial charge in [0.25, 0.3) is 10.0 Å². The lowest BCUT2D eigenvalue weighted by atomic mass is 10.3. The molecular weight excluding hydrogens is 332 g/mol. The molecule has 1 heterocycles. The molecule has 100 valence electrons. The third kappa shape index (κ3) is 3.45. The first-order valence-electron chi connectivity index (χ1n) is 5.30. The molecule has 0 aliphatic carbocycles. The smallest absolute Gasteiger partial charge is 0.263 e. The Morgan fingerprint density at radius 1 is 1.21 bits per heavy atom. The molecule has 0 bridgehead atoms. The SMILES string of the molecule is COc1ccc(S(=O)(=O)Nc2cc(Br)ccn2)cc1. The van der Waals surface area contributed by atoms with Crippen LogP contribution >= 0.6 is 15.9 Å². The molecular formula is C12H11BrN2O3S. The number of sulfonamides is 1. The number of benzene rings is 1. The number of halogens is 1. The molecule has 0 aliphatic rings. The van der Waals surface area contributed by atoms with Crippen LogP contribution < -0.4 is 9.46 Å². The first kappa shape index (κ1) is 13.8. The van der Waals surface area contributed by atoms with Crippen molar-refractivity contribution in [2.24, 2.45) is 0 Å². The minimum atomic E-state index is -3.64. The third-order valence-electron chi connectivity index (χ3n) is 2.33. The first-order chi connectivity index (χ1) is 9.01. The zero-order valence-electron chi connectivity index (χ0n) is 10.00. The van der Waals surface area contributed by atoms with Gasteiger partial charge in [-0.2, -0.15) is 0 Å². The van der Waals surface area contributed by atoms with Gasteiger partial charge in [0.05, 0.1) is 12.0 Å². The van der Waals surface area contributed by atoms with Crippen LogP contribution in [0.4, 0.5) is 5.82 Å². The summed E-state index contributed by atoms with van der Waals surface area (Å²) in [4.78, 5) is 4.09. The van der Waals surface area contributed by atoms with Gasteiger partial charge < -0.3 is 4.74 Å². The van der Waals surface area contributed by atoms with Gasteiger partial charge in [0.2, 0.25) is 0 Å². The molecule has 5 nitrogen and oxygen atoms in total. The average molecular weight is 343 g/mol. The van der Waals surface area contributed by atoms with Crippen molar-refractivity contribution < 1.29 is 13.2 Å². The number of ether oxygens (including phenoxy) is 1. The number of methoxy groups -OCH3 is 1. The second-order valence-corrected chi connectivity index (χ2v) is 6.24. The molecule has 1 aromatic carbocycles. The molecule has 0 radical (unpaired) electrons. The van der Waals surface area contributed by atoms with Gasteiger partial charge in [0.1, 0.15) is 11.6 Å². The van der Waals surface area contributed by atoms with E-state index in [9.17, 15) is 8.42 Å². The van der Waals surface area contributed by atoms with Crippen molar-refractivity contribution in [3.8, 4) is 5.75 Å². The summed E-state index contributed by atoms with van der Waals surface area (Å²) >= 11 is 3.25. The number of nitrogens with one attached hydrogen (secondary N) is 1. The molecule has 1 N–H and O–H groups in total. The van der Waals surface area contributed by atoms with E-state index >= 15 is 0 Å². The van der Waals surface area contributed by atoms with Crippen LogP contribution in [0.3, 0.4) is 0 Å². The maximum Gasteiger partial charge on any atom is 0.263 e. The second kappa shape index (κ2) is 5.58. The highest BCUT2D eigenvalue weighted by molar-refractivity contribution is 9.10. The molecule has 0 amide bonds. The van der Waals surface area contributed by atoms with Crippen molar-refractivity contribution in [3.05, 3.63) is 47.1 Å². The lowest BCUT2D eigenvalue weighted by molar-refractivity contribution is 0.414. The normalized spacial score (nSPS) is 11.1. The van der Waals surface area contributed by atoms with Crippen LogP contribution in [0.5, 0.6) is 5.75 Å². The van der Waals surface area contributed by atoms with Gasteiger partial charge in [-0.1, -0.05) is 15.9 Å². The predicted octanol–water partition coefficient (Wildman–Crippen LogP) is 2.65. The van der Waals surface area contributed by atoms with E-state index in [1.165, 1.54) is 25.4 Å². The van der Waals surface area contributed by atoms with Crippen molar-refractivity contribution in [3.63, 3.8) is 0 Å². The van der Waals surface area contributed by atoms with Gasteiger partial charge >= 0.3 is 0 Å². The van der Waals surface area contributed by atoms with E-state index in [4.69, 9.17) is 4.74 Å². The molecule has 0 saturated carbocycles. The molecule has 0 fully saturated rings. The highest BCUT2D eigenvalue weighted by Crippen LogP contribution is 2.19. The van der Waals surface area contributed by atoms with Crippen LogP contribution in [0.25, 0.3) is 0 Å². The van der Waals surface area contributed by atoms with E-state index in [1.54, 1.807) is 24.3 Å². The largest absolute Gasteiger partial charge is 0.497 e. The lowest BCUT2D eigenvalue weighted by Gasteiger charge is -2.08. The van der Waals surface area contributed by atoms with Crippen LogP contribution in [0.15, 0.2) is 52.0 Å².